The number of hydrogen-bond acceptors (Lipinski definition) is 4. The molecule has 10 heteroatoms. The highest BCUT2D eigenvalue weighted by Gasteiger charge is 2.27. The number of hydrogen-bond donors (Lipinski definition) is 2. The summed E-state index contributed by atoms with van der Waals surface area (Å²) in [5, 5.41) is 5.90. The molecule has 40 heavy (non-hydrogen) atoms. The first-order valence-electron chi connectivity index (χ1n) is 13.1. The van der Waals surface area contributed by atoms with Gasteiger partial charge in [0.05, 0.1) is 24.7 Å². The lowest BCUT2D eigenvalue weighted by atomic mass is 9.92. The molecule has 0 spiro atoms. The van der Waals surface area contributed by atoms with E-state index in [4.69, 9.17) is 4.74 Å². The quantitative estimate of drug-likeness (QED) is 0.221. The summed E-state index contributed by atoms with van der Waals surface area (Å²) >= 11 is 0. The van der Waals surface area contributed by atoms with Crippen molar-refractivity contribution < 1.29 is 27.1 Å². The van der Waals surface area contributed by atoms with Gasteiger partial charge in [-0.15, -0.1) is 0 Å². The number of nitrogens with one attached hydrogen (secondary N) is 2. The van der Waals surface area contributed by atoms with E-state index < -0.39 is 18.4 Å². The minimum atomic E-state index is -4.30. The minimum Gasteiger partial charge on any atom is -0.494 e. The average molecular weight is 555 g/mol. The molecule has 2 N–H and O–H groups in total. The van der Waals surface area contributed by atoms with Crippen molar-refractivity contribution in [2.24, 2.45) is 0 Å². The topological polar surface area (TPSA) is 68.2 Å². The highest BCUT2D eigenvalue weighted by atomic mass is 19.4. The molecule has 0 bridgehead atoms. The second kappa shape index (κ2) is 10.8. The molecular formula is C30H30F4N4O2. The van der Waals surface area contributed by atoms with Crippen LogP contribution < -0.4 is 15.4 Å². The number of methoxy groups -OCH3 is 1. The Kier molecular flexibility index (Phi) is 7.44. The van der Waals surface area contributed by atoms with Gasteiger partial charge in [0.25, 0.3) is 5.91 Å². The zero-order chi connectivity index (χ0) is 28.6. The molecule has 1 aliphatic rings. The Hall–Kier alpha value is -4.08. The molecular weight excluding hydrogens is 524 g/mol. The lowest BCUT2D eigenvalue weighted by Crippen LogP contribution is -2.26. The second-order valence-corrected chi connectivity index (χ2v) is 10.2. The number of fused-ring (bicyclic) bond motifs is 1. The predicted octanol–water partition coefficient (Wildman–Crippen LogP) is 6.89. The van der Waals surface area contributed by atoms with Crippen molar-refractivity contribution in [2.75, 3.05) is 19.0 Å². The molecule has 1 heterocycles. The van der Waals surface area contributed by atoms with Crippen molar-refractivity contribution >= 4 is 22.6 Å². The lowest BCUT2D eigenvalue weighted by Gasteiger charge is -2.17. The third-order valence-electron chi connectivity index (χ3n) is 7.22. The van der Waals surface area contributed by atoms with Crippen molar-refractivity contribution in [3.63, 3.8) is 0 Å². The summed E-state index contributed by atoms with van der Waals surface area (Å²) < 4.78 is 60.0. The number of rotatable bonds is 9. The van der Waals surface area contributed by atoms with Gasteiger partial charge in [-0.1, -0.05) is 13.0 Å². The number of carbonyl (C=O) groups excluding carboxylic acids is 1. The molecule has 0 radical (unpaired) electrons. The predicted molar refractivity (Wildman–Crippen MR) is 146 cm³/mol. The third-order valence-corrected chi connectivity index (χ3v) is 7.22. The molecule has 210 valence electrons. The molecule has 1 aliphatic carbocycles. The molecule has 3 aromatic carbocycles. The van der Waals surface area contributed by atoms with Crippen molar-refractivity contribution in [1.29, 1.82) is 0 Å². The fraction of sp³-hybridized carbons (Fsp3) is 0.333. The van der Waals surface area contributed by atoms with Crippen molar-refractivity contribution in [2.45, 2.75) is 51.2 Å². The van der Waals surface area contributed by atoms with E-state index in [0.29, 0.717) is 27.8 Å². The zero-order valence-electron chi connectivity index (χ0n) is 22.4. The monoisotopic (exact) mass is 554 g/mol. The van der Waals surface area contributed by atoms with Gasteiger partial charge in [0.1, 0.15) is 11.8 Å². The van der Waals surface area contributed by atoms with E-state index in [-0.39, 0.29) is 30.2 Å². The highest BCUT2D eigenvalue weighted by Crippen LogP contribution is 2.35. The summed E-state index contributed by atoms with van der Waals surface area (Å²) in [6.07, 6.45) is -1.70. The maximum Gasteiger partial charge on any atom is 0.390 e. The van der Waals surface area contributed by atoms with E-state index in [2.05, 4.69) is 15.6 Å². The van der Waals surface area contributed by atoms with Crippen LogP contribution in [-0.4, -0.2) is 41.3 Å². The Labute approximate surface area is 229 Å². The average Bonchev–Trinajstić information content (AvgIpc) is 3.61. The number of anilines is 1. The molecule has 1 atom stereocenters. The van der Waals surface area contributed by atoms with Gasteiger partial charge in [-0.2, -0.15) is 13.2 Å². The molecule has 0 aliphatic heterocycles. The number of aromatic nitrogens is 2. The van der Waals surface area contributed by atoms with E-state index in [9.17, 15) is 22.4 Å². The van der Waals surface area contributed by atoms with Gasteiger partial charge in [0.2, 0.25) is 0 Å². The van der Waals surface area contributed by atoms with E-state index in [1.807, 2.05) is 36.6 Å². The second-order valence-electron chi connectivity index (χ2n) is 10.2. The number of halogens is 4. The summed E-state index contributed by atoms with van der Waals surface area (Å²) in [4.78, 5) is 17.1. The first-order valence-corrected chi connectivity index (χ1v) is 13.1. The maximum absolute atomic E-state index is 14.5. The largest absolute Gasteiger partial charge is 0.494 e. The molecule has 1 aromatic heterocycles. The number of alkyl halides is 3. The SMILES string of the molecule is COc1ccc([C@@H](C)c2cc(NCCC(F)(F)F)c3ncn(-c4ccc(C(=O)NC5CC5)c(C)c4)c3c2)cc1F. The lowest BCUT2D eigenvalue weighted by molar-refractivity contribution is -0.131. The van der Waals surface area contributed by atoms with E-state index in [0.717, 1.165) is 29.7 Å². The van der Waals surface area contributed by atoms with Crippen LogP contribution in [0.4, 0.5) is 23.2 Å². The van der Waals surface area contributed by atoms with Crippen LogP contribution in [0.2, 0.25) is 0 Å². The number of ether oxygens (including phenoxy) is 1. The summed E-state index contributed by atoms with van der Waals surface area (Å²) in [6.45, 7) is 3.45. The smallest absolute Gasteiger partial charge is 0.390 e. The molecule has 1 amide bonds. The molecule has 0 saturated heterocycles. The summed E-state index contributed by atoms with van der Waals surface area (Å²) in [5.74, 6) is -0.765. The first kappa shape index (κ1) is 27.5. The van der Waals surface area contributed by atoms with Crippen molar-refractivity contribution in [3.05, 3.63) is 82.9 Å². The van der Waals surface area contributed by atoms with Crippen LogP contribution in [0.1, 0.15) is 59.2 Å². The van der Waals surface area contributed by atoms with Crippen LogP contribution in [0, 0.1) is 12.7 Å². The van der Waals surface area contributed by atoms with E-state index in [1.165, 1.54) is 13.2 Å². The van der Waals surface area contributed by atoms with Crippen LogP contribution in [0.3, 0.4) is 0 Å². The Balaban J connectivity index is 1.54. The molecule has 6 nitrogen and oxygen atoms in total. The van der Waals surface area contributed by atoms with Crippen molar-refractivity contribution in [3.8, 4) is 11.4 Å². The summed E-state index contributed by atoms with van der Waals surface area (Å²) in [7, 11) is 1.39. The van der Waals surface area contributed by atoms with Crippen LogP contribution >= 0.6 is 0 Å². The molecule has 1 saturated carbocycles. The van der Waals surface area contributed by atoms with Crippen LogP contribution in [0.15, 0.2) is 54.9 Å². The Morgan fingerprint density at radius 2 is 1.90 bits per heavy atom. The van der Waals surface area contributed by atoms with Gasteiger partial charge in [0, 0.05) is 29.8 Å². The number of benzene rings is 3. The molecule has 0 unspecified atom stereocenters. The normalized spacial score (nSPS) is 14.3. The van der Waals surface area contributed by atoms with Crippen LogP contribution in [0.25, 0.3) is 16.7 Å². The fourth-order valence-electron chi connectivity index (χ4n) is 4.75. The Morgan fingerprint density at radius 1 is 1.12 bits per heavy atom. The van der Waals surface area contributed by atoms with E-state index >= 15 is 0 Å². The number of carbonyl (C=O) groups is 1. The number of nitrogens with zero attached hydrogens (tertiary/aromatic N) is 2. The van der Waals surface area contributed by atoms with Crippen LogP contribution in [-0.2, 0) is 0 Å². The zero-order valence-corrected chi connectivity index (χ0v) is 22.4. The third kappa shape index (κ3) is 5.90. The van der Waals surface area contributed by atoms with Gasteiger partial charge in [-0.25, -0.2) is 9.37 Å². The van der Waals surface area contributed by atoms with Gasteiger partial charge in [0.15, 0.2) is 11.6 Å². The summed E-state index contributed by atoms with van der Waals surface area (Å²) in [6, 6.07) is 14.1. The fourth-order valence-corrected chi connectivity index (χ4v) is 4.75. The minimum absolute atomic E-state index is 0.110. The standard InChI is InChI=1S/C30H30F4N4O2/c1-17-12-22(7-8-23(17)29(39)37-21-5-6-21)38-16-36-28-25(35-11-10-30(32,33)34)14-20(15-26(28)38)18(2)19-4-9-27(40-3)24(31)13-19/h4,7-9,12-16,18,21,35H,5-6,10-11H2,1-3H3,(H,37,39)/t18-/m1/s1. The maximum atomic E-state index is 14.5. The molecule has 1 fully saturated rings. The number of aryl methyl sites for hydroxylation is 1. The van der Waals surface area contributed by atoms with E-state index in [1.54, 1.807) is 30.6 Å². The summed E-state index contributed by atoms with van der Waals surface area (Å²) in [5.41, 5.74) is 5.22. The number of amides is 1. The molecule has 5 rings (SSSR count). The van der Waals surface area contributed by atoms with Gasteiger partial charge in [-0.3, -0.25) is 9.36 Å². The van der Waals surface area contributed by atoms with Gasteiger partial charge in [-0.05, 0) is 78.9 Å². The van der Waals surface area contributed by atoms with Crippen LogP contribution in [0.5, 0.6) is 5.75 Å². The first-order chi connectivity index (χ1) is 19.0. The molecule has 4 aromatic rings. The van der Waals surface area contributed by atoms with Crippen molar-refractivity contribution in [1.82, 2.24) is 14.9 Å². The highest BCUT2D eigenvalue weighted by molar-refractivity contribution is 5.96. The Bertz CT molecular complexity index is 1560. The Morgan fingerprint density at radius 3 is 2.55 bits per heavy atom. The number of imidazole rings is 1. The van der Waals surface area contributed by atoms with Gasteiger partial charge >= 0.3 is 6.18 Å². The van der Waals surface area contributed by atoms with Gasteiger partial charge < -0.3 is 15.4 Å².